The molecule has 22 heavy (non-hydrogen) atoms. The van der Waals surface area contributed by atoms with Gasteiger partial charge in [0.05, 0.1) is 0 Å². The Labute approximate surface area is 134 Å². The fourth-order valence-corrected chi connectivity index (χ4v) is 3.54. The van der Waals surface area contributed by atoms with Crippen molar-refractivity contribution in [3.8, 4) is 0 Å². The molecular formula is C16H20N4OS. The summed E-state index contributed by atoms with van der Waals surface area (Å²) in [6.07, 6.45) is 2.16. The summed E-state index contributed by atoms with van der Waals surface area (Å²) >= 11 is 1.22. The number of rotatable bonds is 2. The number of carbonyl (C=O) groups excluding carboxylic acids is 1. The van der Waals surface area contributed by atoms with Crippen LogP contribution in [0.5, 0.6) is 0 Å². The second-order valence-electron chi connectivity index (χ2n) is 5.72. The molecule has 0 aliphatic carbocycles. The van der Waals surface area contributed by atoms with E-state index < -0.39 is 0 Å². The SMILES string of the molecule is Cc1nsc(NC(=O)N2CCC[C@H](c3ccccc3C)C2)n1. The van der Waals surface area contributed by atoms with Crippen LogP contribution in [0.1, 0.15) is 35.7 Å². The summed E-state index contributed by atoms with van der Waals surface area (Å²) in [6.45, 7) is 5.51. The molecule has 1 atom stereocenters. The highest BCUT2D eigenvalue weighted by Gasteiger charge is 2.26. The number of urea groups is 1. The topological polar surface area (TPSA) is 58.1 Å². The number of nitrogens with one attached hydrogen (secondary N) is 1. The van der Waals surface area contributed by atoms with Crippen LogP contribution in [0.2, 0.25) is 0 Å². The third-order valence-electron chi connectivity index (χ3n) is 4.08. The van der Waals surface area contributed by atoms with E-state index in [1.807, 2.05) is 11.8 Å². The fourth-order valence-electron chi connectivity index (χ4n) is 2.98. The molecule has 2 aromatic rings. The van der Waals surface area contributed by atoms with Gasteiger partial charge in [0.25, 0.3) is 0 Å². The average Bonchev–Trinajstić information content (AvgIpc) is 2.93. The van der Waals surface area contributed by atoms with Crippen LogP contribution in [0.3, 0.4) is 0 Å². The Hall–Kier alpha value is -1.95. The summed E-state index contributed by atoms with van der Waals surface area (Å²) in [6, 6.07) is 8.37. The Balaban J connectivity index is 1.67. The highest BCUT2D eigenvalue weighted by Crippen LogP contribution is 2.29. The number of hydrogen-bond donors (Lipinski definition) is 1. The number of piperidine rings is 1. The number of likely N-dealkylation sites (tertiary alicyclic amines) is 1. The van der Waals surface area contributed by atoms with Gasteiger partial charge >= 0.3 is 6.03 Å². The molecule has 1 aromatic carbocycles. The highest BCUT2D eigenvalue weighted by molar-refractivity contribution is 7.09. The molecule has 116 valence electrons. The monoisotopic (exact) mass is 316 g/mol. The number of aromatic nitrogens is 2. The first-order valence-electron chi connectivity index (χ1n) is 7.55. The van der Waals surface area contributed by atoms with Crippen LogP contribution < -0.4 is 5.32 Å². The van der Waals surface area contributed by atoms with Crippen molar-refractivity contribution in [1.29, 1.82) is 0 Å². The van der Waals surface area contributed by atoms with Crippen LogP contribution in [0, 0.1) is 13.8 Å². The molecule has 0 radical (unpaired) electrons. The van der Waals surface area contributed by atoms with Gasteiger partial charge in [0, 0.05) is 30.5 Å². The normalized spacial score (nSPS) is 18.3. The summed E-state index contributed by atoms with van der Waals surface area (Å²) < 4.78 is 4.09. The first kappa shape index (κ1) is 15.0. The molecule has 1 fully saturated rings. The first-order valence-corrected chi connectivity index (χ1v) is 8.32. The molecule has 3 rings (SSSR count). The van der Waals surface area contributed by atoms with Gasteiger partial charge in [-0.1, -0.05) is 24.3 Å². The van der Waals surface area contributed by atoms with E-state index in [0.717, 1.165) is 25.9 Å². The Morgan fingerprint density at radius 1 is 1.36 bits per heavy atom. The van der Waals surface area contributed by atoms with Gasteiger partial charge in [-0.25, -0.2) is 9.78 Å². The molecule has 0 saturated carbocycles. The summed E-state index contributed by atoms with van der Waals surface area (Å²) in [7, 11) is 0. The molecule has 2 amide bonds. The van der Waals surface area contributed by atoms with Gasteiger partial charge in [0.1, 0.15) is 5.82 Å². The first-order chi connectivity index (χ1) is 10.6. The molecule has 6 heteroatoms. The Bertz CT molecular complexity index is 670. The molecule has 1 aliphatic heterocycles. The number of hydrogen-bond acceptors (Lipinski definition) is 4. The van der Waals surface area contributed by atoms with Gasteiger partial charge in [0.2, 0.25) is 5.13 Å². The van der Waals surface area contributed by atoms with Crippen LogP contribution in [0.15, 0.2) is 24.3 Å². The predicted molar refractivity (Wildman–Crippen MR) is 88.4 cm³/mol. The molecule has 1 aliphatic rings. The molecule has 1 aromatic heterocycles. The minimum absolute atomic E-state index is 0.0746. The summed E-state index contributed by atoms with van der Waals surface area (Å²) in [5, 5.41) is 3.42. The summed E-state index contributed by atoms with van der Waals surface area (Å²) in [4.78, 5) is 18.5. The smallest absolute Gasteiger partial charge is 0.323 e. The van der Waals surface area contributed by atoms with Gasteiger partial charge in [-0.3, -0.25) is 5.32 Å². The Morgan fingerprint density at radius 2 is 2.18 bits per heavy atom. The number of aryl methyl sites for hydroxylation is 2. The van der Waals surface area contributed by atoms with Crippen molar-refractivity contribution in [2.24, 2.45) is 0 Å². The Morgan fingerprint density at radius 3 is 2.91 bits per heavy atom. The molecule has 1 saturated heterocycles. The van der Waals surface area contributed by atoms with E-state index in [9.17, 15) is 4.79 Å². The fraction of sp³-hybridized carbons (Fsp3) is 0.438. The molecule has 0 unspecified atom stereocenters. The molecule has 1 N–H and O–H groups in total. The van der Waals surface area contributed by atoms with Crippen LogP contribution in [-0.2, 0) is 0 Å². The van der Waals surface area contributed by atoms with Gasteiger partial charge in [-0.05, 0) is 37.8 Å². The van der Waals surface area contributed by atoms with E-state index in [2.05, 4.69) is 45.9 Å². The van der Waals surface area contributed by atoms with Crippen molar-refractivity contribution in [3.05, 3.63) is 41.2 Å². The van der Waals surface area contributed by atoms with Crippen LogP contribution >= 0.6 is 11.5 Å². The lowest BCUT2D eigenvalue weighted by Gasteiger charge is -2.33. The number of amides is 2. The molecule has 0 bridgehead atoms. The molecule has 5 nitrogen and oxygen atoms in total. The van der Waals surface area contributed by atoms with Gasteiger partial charge in [-0.15, -0.1) is 0 Å². The standard InChI is InChI=1S/C16H20N4OS/c1-11-6-3-4-8-14(11)13-7-5-9-20(10-13)16(21)18-15-17-12(2)19-22-15/h3-4,6,8,13H,5,7,9-10H2,1-2H3,(H,17,18,19,21)/t13-/m0/s1. The molecular weight excluding hydrogens is 296 g/mol. The zero-order chi connectivity index (χ0) is 15.5. The molecule has 0 spiro atoms. The maximum Gasteiger partial charge on any atom is 0.323 e. The summed E-state index contributed by atoms with van der Waals surface area (Å²) in [5.74, 6) is 1.11. The maximum absolute atomic E-state index is 12.4. The van der Waals surface area contributed by atoms with Crippen molar-refractivity contribution in [2.45, 2.75) is 32.6 Å². The lowest BCUT2D eigenvalue weighted by molar-refractivity contribution is 0.192. The third-order valence-corrected chi connectivity index (χ3v) is 4.80. The average molecular weight is 316 g/mol. The van der Waals surface area contributed by atoms with Gasteiger partial charge < -0.3 is 4.90 Å². The van der Waals surface area contributed by atoms with E-state index in [0.29, 0.717) is 16.9 Å². The van der Waals surface area contributed by atoms with E-state index in [4.69, 9.17) is 0 Å². The second kappa shape index (κ2) is 6.44. The lowest BCUT2D eigenvalue weighted by atomic mass is 9.88. The number of carbonyl (C=O) groups is 1. The second-order valence-corrected chi connectivity index (χ2v) is 6.47. The van der Waals surface area contributed by atoms with E-state index in [1.165, 1.54) is 22.7 Å². The van der Waals surface area contributed by atoms with Crippen LogP contribution in [0.4, 0.5) is 9.93 Å². The maximum atomic E-state index is 12.4. The largest absolute Gasteiger partial charge is 0.324 e. The lowest BCUT2D eigenvalue weighted by Crippen LogP contribution is -2.41. The predicted octanol–water partition coefficient (Wildman–Crippen LogP) is 3.57. The minimum atomic E-state index is -0.0746. The van der Waals surface area contributed by atoms with E-state index >= 15 is 0 Å². The number of benzene rings is 1. The quantitative estimate of drug-likeness (QED) is 0.921. The zero-order valence-electron chi connectivity index (χ0n) is 12.9. The molecule has 2 heterocycles. The highest BCUT2D eigenvalue weighted by atomic mass is 32.1. The number of nitrogens with zero attached hydrogens (tertiary/aromatic N) is 3. The third kappa shape index (κ3) is 3.27. The van der Waals surface area contributed by atoms with Crippen molar-refractivity contribution in [2.75, 3.05) is 18.4 Å². The van der Waals surface area contributed by atoms with Crippen LogP contribution in [-0.4, -0.2) is 33.4 Å². The van der Waals surface area contributed by atoms with Crippen molar-refractivity contribution < 1.29 is 4.79 Å². The zero-order valence-corrected chi connectivity index (χ0v) is 13.7. The van der Waals surface area contributed by atoms with Gasteiger partial charge in [-0.2, -0.15) is 4.37 Å². The van der Waals surface area contributed by atoms with Crippen molar-refractivity contribution >= 4 is 22.7 Å². The van der Waals surface area contributed by atoms with Crippen LogP contribution in [0.25, 0.3) is 0 Å². The van der Waals surface area contributed by atoms with E-state index in [1.54, 1.807) is 0 Å². The number of anilines is 1. The van der Waals surface area contributed by atoms with Crippen molar-refractivity contribution in [1.82, 2.24) is 14.3 Å². The summed E-state index contributed by atoms with van der Waals surface area (Å²) in [5.41, 5.74) is 2.65. The Kier molecular flexibility index (Phi) is 4.38. The van der Waals surface area contributed by atoms with Crippen molar-refractivity contribution in [3.63, 3.8) is 0 Å². The minimum Gasteiger partial charge on any atom is -0.324 e. The van der Waals surface area contributed by atoms with Gasteiger partial charge in [0.15, 0.2) is 0 Å². The van der Waals surface area contributed by atoms with E-state index in [-0.39, 0.29) is 6.03 Å².